The van der Waals surface area contributed by atoms with Crippen molar-refractivity contribution >= 4 is 39.0 Å². The van der Waals surface area contributed by atoms with Gasteiger partial charge in [0.05, 0.1) is 31.0 Å². The van der Waals surface area contributed by atoms with Gasteiger partial charge < -0.3 is 10.5 Å². The smallest absolute Gasteiger partial charge is 0.306 e. The van der Waals surface area contributed by atoms with E-state index < -0.39 is 21.7 Å². The Bertz CT molecular complexity index is 551. The molecular weight excluding hydrogens is 280 g/mol. The zero-order valence-electron chi connectivity index (χ0n) is 9.47. The van der Waals surface area contributed by atoms with Crippen molar-refractivity contribution in [3.63, 3.8) is 0 Å². The number of hydrogen-bond donors (Lipinski definition) is 3. The molecule has 0 amide bonds. The van der Waals surface area contributed by atoms with Gasteiger partial charge in [-0.3, -0.25) is 14.6 Å². The molecule has 1 aromatic rings. The molecule has 1 aromatic heterocycles. The largest absolute Gasteiger partial charge is 0.469 e. The second kappa shape index (κ2) is 5.78. The normalized spacial score (nSPS) is 10.9. The lowest BCUT2D eigenvalue weighted by molar-refractivity contribution is -0.140. The van der Waals surface area contributed by atoms with Crippen molar-refractivity contribution in [3.8, 4) is 0 Å². The summed E-state index contributed by atoms with van der Waals surface area (Å²) in [7, 11) is -2.52. The summed E-state index contributed by atoms with van der Waals surface area (Å²) in [6, 6.07) is 0. The van der Waals surface area contributed by atoms with E-state index in [2.05, 4.69) is 19.7 Å². The molecule has 0 aromatic carbocycles. The van der Waals surface area contributed by atoms with E-state index in [4.69, 9.17) is 18.0 Å². The average Bonchev–Trinajstić information content (AvgIpc) is 2.73. The summed E-state index contributed by atoms with van der Waals surface area (Å²) in [5.41, 5.74) is 5.67. The molecule has 100 valence electrons. The maximum Gasteiger partial charge on any atom is 0.306 e. The van der Waals surface area contributed by atoms with Crippen LogP contribution in [0.4, 0.5) is 5.82 Å². The number of thiocarbonyl (C=S) groups is 1. The molecule has 4 N–H and O–H groups in total. The summed E-state index contributed by atoms with van der Waals surface area (Å²) < 4.78 is 29.8. The van der Waals surface area contributed by atoms with Crippen LogP contribution < -0.4 is 10.5 Å². The van der Waals surface area contributed by atoms with Gasteiger partial charge in [0.2, 0.25) is 10.0 Å². The van der Waals surface area contributed by atoms with E-state index in [1.807, 2.05) is 0 Å². The Kier molecular flexibility index (Phi) is 4.62. The maximum atomic E-state index is 11.6. The van der Waals surface area contributed by atoms with Crippen LogP contribution in [0.3, 0.4) is 0 Å². The van der Waals surface area contributed by atoms with Gasteiger partial charge in [-0.2, -0.15) is 5.10 Å². The van der Waals surface area contributed by atoms with Crippen LogP contribution in [0.15, 0.2) is 6.20 Å². The van der Waals surface area contributed by atoms with Gasteiger partial charge in [-0.1, -0.05) is 12.2 Å². The topological polar surface area (TPSA) is 127 Å². The SMILES string of the molecule is COC(=O)CCS(=O)(=O)Nc1[nH]ncc1C(N)=S. The van der Waals surface area contributed by atoms with E-state index in [1.54, 1.807) is 0 Å². The van der Waals surface area contributed by atoms with Crippen molar-refractivity contribution in [3.05, 3.63) is 11.8 Å². The molecule has 0 aliphatic carbocycles. The molecule has 0 saturated heterocycles. The lowest BCUT2D eigenvalue weighted by Crippen LogP contribution is -2.21. The fraction of sp³-hybridized carbons (Fsp3) is 0.375. The molecule has 1 rings (SSSR count). The zero-order chi connectivity index (χ0) is 13.8. The van der Waals surface area contributed by atoms with Gasteiger partial charge >= 0.3 is 5.97 Å². The Labute approximate surface area is 109 Å². The number of aromatic nitrogens is 2. The fourth-order valence-electron chi connectivity index (χ4n) is 1.08. The minimum Gasteiger partial charge on any atom is -0.469 e. The average molecular weight is 292 g/mol. The molecule has 0 radical (unpaired) electrons. The number of carbonyl (C=O) groups is 1. The third-order valence-corrected chi connectivity index (χ3v) is 3.44. The third-order valence-electron chi connectivity index (χ3n) is 1.96. The molecule has 18 heavy (non-hydrogen) atoms. The summed E-state index contributed by atoms with van der Waals surface area (Å²) in [4.78, 5) is 10.9. The highest BCUT2D eigenvalue weighted by Gasteiger charge is 2.17. The van der Waals surface area contributed by atoms with Crippen molar-refractivity contribution < 1.29 is 17.9 Å². The molecule has 0 atom stereocenters. The Balaban J connectivity index is 2.74. The predicted molar refractivity (Wildman–Crippen MR) is 68.5 cm³/mol. The molecule has 0 unspecified atom stereocenters. The highest BCUT2D eigenvalue weighted by atomic mass is 32.2. The van der Waals surface area contributed by atoms with E-state index in [0.29, 0.717) is 0 Å². The minimum absolute atomic E-state index is 0.00872. The van der Waals surface area contributed by atoms with Crippen LogP contribution in [0.5, 0.6) is 0 Å². The number of sulfonamides is 1. The van der Waals surface area contributed by atoms with Crippen LogP contribution in [0, 0.1) is 0 Å². The number of esters is 1. The monoisotopic (exact) mass is 292 g/mol. The van der Waals surface area contributed by atoms with Gasteiger partial charge in [-0.05, 0) is 0 Å². The molecule has 0 bridgehead atoms. The molecule has 0 saturated carbocycles. The molecule has 1 heterocycles. The lowest BCUT2D eigenvalue weighted by atomic mass is 10.3. The molecular formula is C8H12N4O4S2. The second-order valence-corrected chi connectivity index (χ2v) is 5.55. The highest BCUT2D eigenvalue weighted by Crippen LogP contribution is 2.12. The Morgan fingerprint density at radius 1 is 1.67 bits per heavy atom. The first kappa shape index (κ1) is 14.4. The maximum absolute atomic E-state index is 11.6. The van der Waals surface area contributed by atoms with Crippen molar-refractivity contribution in [1.29, 1.82) is 0 Å². The van der Waals surface area contributed by atoms with Crippen LogP contribution in [0.25, 0.3) is 0 Å². The number of hydrogen-bond acceptors (Lipinski definition) is 6. The summed E-state index contributed by atoms with van der Waals surface area (Å²) >= 11 is 4.73. The van der Waals surface area contributed by atoms with Crippen molar-refractivity contribution in [1.82, 2.24) is 10.2 Å². The minimum atomic E-state index is -3.70. The van der Waals surface area contributed by atoms with Gasteiger partial charge in [0.1, 0.15) is 10.8 Å². The van der Waals surface area contributed by atoms with E-state index in [0.717, 1.165) is 0 Å². The number of nitrogens with one attached hydrogen (secondary N) is 2. The van der Waals surface area contributed by atoms with E-state index in [-0.39, 0.29) is 22.8 Å². The Morgan fingerprint density at radius 3 is 2.89 bits per heavy atom. The van der Waals surface area contributed by atoms with E-state index in [1.165, 1.54) is 13.3 Å². The molecule has 10 heteroatoms. The molecule has 0 aliphatic rings. The summed E-state index contributed by atoms with van der Waals surface area (Å²) in [6.45, 7) is 0. The van der Waals surface area contributed by atoms with Gasteiger partial charge in [0.15, 0.2) is 0 Å². The Hall–Kier alpha value is -1.68. The number of aromatic amines is 1. The quantitative estimate of drug-likeness (QED) is 0.469. The molecule has 8 nitrogen and oxygen atoms in total. The first-order valence-corrected chi connectivity index (χ1v) is 6.82. The van der Waals surface area contributed by atoms with Crippen molar-refractivity contribution in [2.45, 2.75) is 6.42 Å². The molecule has 0 aliphatic heterocycles. The first-order chi connectivity index (χ1) is 8.35. The lowest BCUT2D eigenvalue weighted by Gasteiger charge is -2.06. The number of carbonyl (C=O) groups excluding carboxylic acids is 1. The predicted octanol–water partition coefficient (Wildman–Crippen LogP) is -0.651. The number of anilines is 1. The summed E-state index contributed by atoms with van der Waals surface area (Å²) in [5.74, 6) is -0.943. The standard InChI is InChI=1S/C8H12N4O4S2/c1-16-6(13)2-3-18(14,15)12-8-5(7(9)17)4-10-11-8/h4H,2-3H2,1H3,(H2,9,17)(H2,10,11,12). The second-order valence-electron chi connectivity index (χ2n) is 3.27. The van der Waals surface area contributed by atoms with Gasteiger partial charge in [0.25, 0.3) is 0 Å². The summed E-state index contributed by atoms with van der Waals surface area (Å²) in [5, 5.41) is 6.05. The van der Waals surface area contributed by atoms with Gasteiger partial charge in [-0.25, -0.2) is 8.42 Å². The van der Waals surface area contributed by atoms with Crippen LogP contribution in [0.1, 0.15) is 12.0 Å². The van der Waals surface area contributed by atoms with Crippen molar-refractivity contribution in [2.75, 3.05) is 17.6 Å². The highest BCUT2D eigenvalue weighted by molar-refractivity contribution is 7.92. The molecule has 0 fully saturated rings. The van der Waals surface area contributed by atoms with Gasteiger partial charge in [-0.15, -0.1) is 0 Å². The van der Waals surface area contributed by atoms with Crippen LogP contribution in [-0.4, -0.2) is 42.4 Å². The number of H-pyrrole nitrogens is 1. The van der Waals surface area contributed by atoms with E-state index in [9.17, 15) is 13.2 Å². The van der Waals surface area contributed by atoms with Gasteiger partial charge in [0, 0.05) is 0 Å². The summed E-state index contributed by atoms with van der Waals surface area (Å²) in [6.07, 6.45) is 1.06. The first-order valence-electron chi connectivity index (χ1n) is 4.76. The number of nitrogens with two attached hydrogens (primary N) is 1. The fourth-order valence-corrected chi connectivity index (χ4v) is 2.24. The third kappa shape index (κ3) is 3.96. The number of nitrogens with zero attached hydrogens (tertiary/aromatic N) is 1. The van der Waals surface area contributed by atoms with E-state index >= 15 is 0 Å². The van der Waals surface area contributed by atoms with Crippen LogP contribution >= 0.6 is 12.2 Å². The Morgan fingerprint density at radius 2 is 2.33 bits per heavy atom. The number of rotatable bonds is 6. The molecule has 0 spiro atoms. The van der Waals surface area contributed by atoms with Crippen LogP contribution in [-0.2, 0) is 19.6 Å². The zero-order valence-corrected chi connectivity index (χ0v) is 11.1. The van der Waals surface area contributed by atoms with Crippen LogP contribution in [0.2, 0.25) is 0 Å². The van der Waals surface area contributed by atoms with Crippen molar-refractivity contribution in [2.24, 2.45) is 5.73 Å². The number of methoxy groups -OCH3 is 1. The number of ether oxygens (including phenoxy) is 1.